The molecule has 2 fully saturated rings. The van der Waals surface area contributed by atoms with Crippen molar-refractivity contribution in [2.45, 2.75) is 43.9 Å². The van der Waals surface area contributed by atoms with Gasteiger partial charge in [0.05, 0.1) is 17.5 Å². The molecule has 2 amide bonds. The van der Waals surface area contributed by atoms with E-state index in [0.29, 0.717) is 5.69 Å². The van der Waals surface area contributed by atoms with Crippen LogP contribution >= 0.6 is 11.8 Å². The summed E-state index contributed by atoms with van der Waals surface area (Å²) in [6.07, 6.45) is 4.55. The number of nitrogens with zero attached hydrogens (tertiary/aromatic N) is 2. The SMILES string of the molecule is CC1(c2ccc(N3C(=O)C4CCCCC4C3=O)cc2)NN=C(Cc2ccccc2)S1. The van der Waals surface area contributed by atoms with E-state index in [4.69, 9.17) is 0 Å². The number of fused-ring (bicyclic) bond motifs is 1. The van der Waals surface area contributed by atoms with Crippen LogP contribution in [0.5, 0.6) is 0 Å². The Hall–Kier alpha value is -2.60. The highest BCUT2D eigenvalue weighted by atomic mass is 32.2. The maximum atomic E-state index is 12.8. The maximum Gasteiger partial charge on any atom is 0.237 e. The molecular formula is C24H25N3O2S. The third-order valence-corrected chi connectivity index (χ3v) is 7.64. The number of rotatable bonds is 4. The van der Waals surface area contributed by atoms with E-state index in [1.165, 1.54) is 10.5 Å². The lowest BCUT2D eigenvalue weighted by atomic mass is 9.81. The lowest BCUT2D eigenvalue weighted by molar-refractivity contribution is -0.122. The molecule has 0 bridgehead atoms. The second-order valence-corrected chi connectivity index (χ2v) is 9.96. The first-order valence-corrected chi connectivity index (χ1v) is 11.4. The minimum Gasteiger partial charge on any atom is -0.289 e. The molecule has 5 nitrogen and oxygen atoms in total. The molecule has 154 valence electrons. The predicted molar refractivity (Wildman–Crippen MR) is 120 cm³/mol. The number of hydrazone groups is 1. The Morgan fingerprint density at radius 2 is 1.63 bits per heavy atom. The van der Waals surface area contributed by atoms with Crippen molar-refractivity contribution in [3.63, 3.8) is 0 Å². The monoisotopic (exact) mass is 419 g/mol. The summed E-state index contributed by atoms with van der Waals surface area (Å²) in [6.45, 7) is 2.11. The van der Waals surface area contributed by atoms with Crippen LogP contribution in [0.2, 0.25) is 0 Å². The third-order valence-electron chi connectivity index (χ3n) is 6.43. The Morgan fingerprint density at radius 1 is 1.00 bits per heavy atom. The van der Waals surface area contributed by atoms with Crippen molar-refractivity contribution in [2.75, 3.05) is 4.90 Å². The fraction of sp³-hybridized carbons (Fsp3) is 0.375. The summed E-state index contributed by atoms with van der Waals surface area (Å²) in [5.74, 6) is -0.287. The number of carbonyl (C=O) groups excluding carboxylic acids is 2. The first-order valence-electron chi connectivity index (χ1n) is 10.6. The summed E-state index contributed by atoms with van der Waals surface area (Å²) < 4.78 is 0. The van der Waals surface area contributed by atoms with Crippen molar-refractivity contribution in [1.82, 2.24) is 5.43 Å². The zero-order valence-electron chi connectivity index (χ0n) is 17.0. The fourth-order valence-corrected chi connectivity index (χ4v) is 5.91. The van der Waals surface area contributed by atoms with Crippen molar-refractivity contribution >= 4 is 34.3 Å². The largest absolute Gasteiger partial charge is 0.289 e. The Bertz CT molecular complexity index is 981. The van der Waals surface area contributed by atoms with E-state index in [2.05, 4.69) is 29.6 Å². The van der Waals surface area contributed by atoms with E-state index in [1.54, 1.807) is 11.8 Å². The van der Waals surface area contributed by atoms with Gasteiger partial charge in [0.1, 0.15) is 9.91 Å². The molecule has 1 aliphatic carbocycles. The van der Waals surface area contributed by atoms with Gasteiger partial charge in [-0.15, -0.1) is 0 Å². The van der Waals surface area contributed by atoms with Crippen molar-refractivity contribution in [3.05, 3.63) is 65.7 Å². The van der Waals surface area contributed by atoms with Gasteiger partial charge in [-0.2, -0.15) is 5.10 Å². The Labute approximate surface area is 180 Å². The summed E-state index contributed by atoms with van der Waals surface area (Å²) in [5, 5.41) is 5.59. The summed E-state index contributed by atoms with van der Waals surface area (Å²) in [7, 11) is 0. The molecule has 0 radical (unpaired) electrons. The summed E-state index contributed by atoms with van der Waals surface area (Å²) in [4.78, 5) is 26.7. The minimum atomic E-state index is -0.365. The molecule has 3 aliphatic rings. The van der Waals surface area contributed by atoms with E-state index in [0.717, 1.165) is 42.7 Å². The Kier molecular flexibility index (Phi) is 4.89. The van der Waals surface area contributed by atoms with Crippen LogP contribution in [-0.2, 0) is 20.9 Å². The Morgan fingerprint density at radius 3 is 2.27 bits per heavy atom. The van der Waals surface area contributed by atoms with E-state index < -0.39 is 0 Å². The molecule has 3 atom stereocenters. The van der Waals surface area contributed by atoms with Gasteiger partial charge >= 0.3 is 0 Å². The Balaban J connectivity index is 1.31. The molecule has 2 heterocycles. The fourth-order valence-electron chi connectivity index (χ4n) is 4.77. The lowest BCUT2D eigenvalue weighted by Crippen LogP contribution is -2.31. The number of amides is 2. The average Bonchev–Trinajstić information content (AvgIpc) is 3.27. The number of thioether (sulfide) groups is 1. The molecule has 3 unspecified atom stereocenters. The van der Waals surface area contributed by atoms with Gasteiger partial charge in [0.25, 0.3) is 0 Å². The number of imide groups is 1. The van der Waals surface area contributed by atoms with Crippen LogP contribution in [0.15, 0.2) is 59.7 Å². The maximum absolute atomic E-state index is 12.8. The van der Waals surface area contributed by atoms with E-state index in [1.807, 2.05) is 42.5 Å². The standard InChI is InChI=1S/C24H25N3O2S/c1-24(26-25-21(30-24)15-16-7-3-2-4-8-16)17-11-13-18(14-12-17)27-22(28)19-9-5-6-10-20(19)23(27)29/h2-4,7-8,11-14,19-20,26H,5-6,9-10,15H2,1H3. The summed E-state index contributed by atoms with van der Waals surface area (Å²) in [5.41, 5.74) is 6.25. The van der Waals surface area contributed by atoms with E-state index >= 15 is 0 Å². The first-order chi connectivity index (χ1) is 14.5. The van der Waals surface area contributed by atoms with Crippen LogP contribution < -0.4 is 10.3 Å². The molecule has 0 spiro atoms. The van der Waals surface area contributed by atoms with Gasteiger partial charge in [-0.3, -0.25) is 19.9 Å². The van der Waals surface area contributed by atoms with Crippen molar-refractivity contribution in [1.29, 1.82) is 0 Å². The van der Waals surface area contributed by atoms with Crippen LogP contribution in [0.25, 0.3) is 0 Å². The number of hydrogen-bond acceptors (Lipinski definition) is 5. The summed E-state index contributed by atoms with van der Waals surface area (Å²) in [6, 6.07) is 18.1. The van der Waals surface area contributed by atoms with E-state index in [-0.39, 0.29) is 28.5 Å². The number of benzene rings is 2. The second kappa shape index (κ2) is 7.58. The summed E-state index contributed by atoms with van der Waals surface area (Å²) >= 11 is 1.71. The number of carbonyl (C=O) groups is 2. The highest BCUT2D eigenvalue weighted by Gasteiger charge is 2.48. The lowest BCUT2D eigenvalue weighted by Gasteiger charge is -2.24. The van der Waals surface area contributed by atoms with Crippen LogP contribution in [-0.4, -0.2) is 16.9 Å². The minimum absolute atomic E-state index is 0.0227. The van der Waals surface area contributed by atoms with Crippen LogP contribution in [0.1, 0.15) is 43.7 Å². The first kappa shape index (κ1) is 19.4. The molecule has 5 rings (SSSR count). The molecule has 6 heteroatoms. The van der Waals surface area contributed by atoms with Gasteiger partial charge in [-0.1, -0.05) is 67.1 Å². The molecule has 1 saturated carbocycles. The topological polar surface area (TPSA) is 61.8 Å². The van der Waals surface area contributed by atoms with Crippen LogP contribution in [0.4, 0.5) is 5.69 Å². The zero-order chi connectivity index (χ0) is 20.7. The van der Waals surface area contributed by atoms with Crippen molar-refractivity contribution in [2.24, 2.45) is 16.9 Å². The molecule has 2 aliphatic heterocycles. The average molecular weight is 420 g/mol. The number of hydrogen-bond donors (Lipinski definition) is 1. The zero-order valence-corrected chi connectivity index (χ0v) is 17.8. The molecule has 0 aromatic heterocycles. The second-order valence-electron chi connectivity index (χ2n) is 8.47. The van der Waals surface area contributed by atoms with Gasteiger partial charge in [0, 0.05) is 6.42 Å². The van der Waals surface area contributed by atoms with Gasteiger partial charge in [-0.25, -0.2) is 0 Å². The normalized spacial score (nSPS) is 28.3. The van der Waals surface area contributed by atoms with Gasteiger partial charge in [0.15, 0.2) is 0 Å². The van der Waals surface area contributed by atoms with E-state index in [9.17, 15) is 9.59 Å². The molecule has 1 N–H and O–H groups in total. The van der Waals surface area contributed by atoms with Gasteiger partial charge < -0.3 is 0 Å². The molecule has 1 saturated heterocycles. The smallest absolute Gasteiger partial charge is 0.237 e. The molecule has 2 aromatic rings. The van der Waals surface area contributed by atoms with Gasteiger partial charge in [-0.05, 0) is 43.0 Å². The molecular weight excluding hydrogens is 394 g/mol. The number of nitrogens with one attached hydrogen (secondary N) is 1. The quantitative estimate of drug-likeness (QED) is 0.745. The molecule has 30 heavy (non-hydrogen) atoms. The molecule has 2 aromatic carbocycles. The van der Waals surface area contributed by atoms with Crippen LogP contribution in [0.3, 0.4) is 0 Å². The van der Waals surface area contributed by atoms with Crippen LogP contribution in [0, 0.1) is 11.8 Å². The highest BCUT2D eigenvalue weighted by Crippen LogP contribution is 2.42. The third kappa shape index (κ3) is 3.33. The predicted octanol–water partition coefficient (Wildman–Crippen LogP) is 4.43. The van der Waals surface area contributed by atoms with Crippen molar-refractivity contribution in [3.8, 4) is 0 Å². The van der Waals surface area contributed by atoms with Gasteiger partial charge in [0.2, 0.25) is 11.8 Å². The highest BCUT2D eigenvalue weighted by molar-refractivity contribution is 8.14. The van der Waals surface area contributed by atoms with Crippen molar-refractivity contribution < 1.29 is 9.59 Å². The number of anilines is 1.